The van der Waals surface area contributed by atoms with Crippen LogP contribution in [0.1, 0.15) is 78.5 Å². The van der Waals surface area contributed by atoms with Crippen LogP contribution < -0.4 is 31.9 Å². The van der Waals surface area contributed by atoms with E-state index in [2.05, 4.69) is 41.9 Å². The Morgan fingerprint density at radius 1 is 1.01 bits per heavy atom. The molecule has 21 nitrogen and oxygen atoms in total. The second-order valence-electron chi connectivity index (χ2n) is 17.0. The van der Waals surface area contributed by atoms with Gasteiger partial charge >= 0.3 is 5.97 Å². The van der Waals surface area contributed by atoms with Crippen molar-refractivity contribution < 1.29 is 58.5 Å². The summed E-state index contributed by atoms with van der Waals surface area (Å²) in [6, 6.07) is -4.36. The molecule has 8 atom stereocenters. The number of imidazole rings is 1. The number of carbonyl (C=O) groups is 9. The van der Waals surface area contributed by atoms with Gasteiger partial charge < -0.3 is 57.1 Å². The number of phenols is 1. The van der Waals surface area contributed by atoms with E-state index in [1.807, 2.05) is 6.92 Å². The third-order valence-electron chi connectivity index (χ3n) is 11.0. The fourth-order valence-corrected chi connectivity index (χ4v) is 9.45. The van der Waals surface area contributed by atoms with Crippen LogP contribution in [0.5, 0.6) is 5.75 Å². The summed E-state index contributed by atoms with van der Waals surface area (Å²) in [5.41, 5.74) is 0.217. The van der Waals surface area contributed by atoms with Crippen molar-refractivity contribution in [1.29, 1.82) is 0 Å². The van der Waals surface area contributed by atoms with Gasteiger partial charge in [0.25, 0.3) is 11.8 Å². The minimum Gasteiger partial charge on any atom is -0.506 e. The van der Waals surface area contributed by atoms with Crippen molar-refractivity contribution in [3.63, 3.8) is 0 Å². The first-order valence-corrected chi connectivity index (χ1v) is 24.5. The number of carboxylic acid groups (broad SMARTS) is 1. The van der Waals surface area contributed by atoms with Gasteiger partial charge in [-0.1, -0.05) is 73.4 Å². The number of aliphatic carboxylic acids is 1. The van der Waals surface area contributed by atoms with Crippen LogP contribution in [0.25, 0.3) is 6.08 Å². The molecule has 370 valence electrons. The van der Waals surface area contributed by atoms with Crippen LogP contribution in [0.2, 0.25) is 5.02 Å². The minimum atomic E-state index is -1.86. The van der Waals surface area contributed by atoms with Crippen LogP contribution in [-0.2, 0) is 49.6 Å². The third-order valence-corrected chi connectivity index (χ3v) is 13.5. The molecule has 1 aromatic heterocycles. The summed E-state index contributed by atoms with van der Waals surface area (Å²) in [4.78, 5) is 131. The Hall–Kier alpha value is -5.91. The van der Waals surface area contributed by atoms with Crippen molar-refractivity contribution in [3.05, 3.63) is 63.7 Å². The average molecular weight is 1000 g/mol. The number of carboxylic acids is 1. The van der Waals surface area contributed by atoms with Gasteiger partial charge in [0.05, 0.1) is 29.9 Å². The highest BCUT2D eigenvalue weighted by molar-refractivity contribution is 8.77. The fourth-order valence-electron chi connectivity index (χ4n) is 7.21. The Bertz CT molecular complexity index is 2280. The zero-order valence-electron chi connectivity index (χ0n) is 38.3. The van der Waals surface area contributed by atoms with E-state index in [0.29, 0.717) is 12.1 Å². The van der Waals surface area contributed by atoms with Gasteiger partial charge in [0, 0.05) is 42.6 Å². The van der Waals surface area contributed by atoms with Crippen LogP contribution in [0.3, 0.4) is 0 Å². The van der Waals surface area contributed by atoms with Crippen LogP contribution >= 0.6 is 33.2 Å². The van der Waals surface area contributed by atoms with Crippen molar-refractivity contribution in [3.8, 4) is 5.75 Å². The predicted octanol–water partition coefficient (Wildman–Crippen LogP) is 1.31. The number of rotatable bonds is 14. The first kappa shape index (κ1) is 54.7. The highest BCUT2D eigenvalue weighted by atomic mass is 35.5. The number of carbonyl (C=O) groups excluding carboxylic acids is 8. The molecule has 3 heterocycles. The smallest absolute Gasteiger partial charge is 0.305 e. The monoisotopic (exact) mass is 1000 g/mol. The number of hydrogen-bond acceptors (Lipinski definition) is 14. The van der Waals surface area contributed by atoms with E-state index in [-0.39, 0.29) is 71.1 Å². The molecular formula is C44H58ClN9O12S2. The van der Waals surface area contributed by atoms with E-state index in [1.54, 1.807) is 20.8 Å². The quantitative estimate of drug-likeness (QED) is 0.0943. The number of Topliss-reactive ketones (excluding diaryl/α,β-unsaturated/α-hetero) is 1. The number of aromatic hydroxyl groups is 1. The van der Waals surface area contributed by atoms with Crippen LogP contribution in [0.15, 0.2) is 47.4 Å². The van der Waals surface area contributed by atoms with Gasteiger partial charge in [-0.15, -0.1) is 0 Å². The SMILES string of the molecule is CCC(C)[C@H](NC(=O)[C@H](Cc1cnc[nH]1)NC(=O)[C@@H]1CSSC=C(C)C(=O)N2CC(O)C[C@H]2C(=O)NC(=Cc2ccc(O)c(Cl)c2)C(=O)N[C@@H](CC(=O)O)C(=O)N[C@@H](CC(C)C)C(=O)N1)C(C)=O. The van der Waals surface area contributed by atoms with Gasteiger partial charge in [-0.3, -0.25) is 43.2 Å². The van der Waals surface area contributed by atoms with Crippen molar-refractivity contribution >= 4 is 92.4 Å². The van der Waals surface area contributed by atoms with Gasteiger partial charge in [0.15, 0.2) is 5.78 Å². The molecule has 7 amide bonds. The van der Waals surface area contributed by atoms with Crippen molar-refractivity contribution in [2.24, 2.45) is 11.8 Å². The molecule has 1 saturated heterocycles. The van der Waals surface area contributed by atoms with Gasteiger partial charge in [-0.25, -0.2) is 4.98 Å². The van der Waals surface area contributed by atoms with E-state index in [4.69, 9.17) is 11.6 Å². The molecule has 1 aromatic carbocycles. The van der Waals surface area contributed by atoms with Gasteiger partial charge in [0.1, 0.15) is 41.7 Å². The number of nitrogens with one attached hydrogen (secondary N) is 7. The number of aromatic amines is 1. The second-order valence-corrected chi connectivity index (χ2v) is 19.7. The van der Waals surface area contributed by atoms with Gasteiger partial charge in [0.2, 0.25) is 29.5 Å². The van der Waals surface area contributed by atoms with Crippen molar-refractivity contribution in [2.45, 2.75) is 116 Å². The average Bonchev–Trinajstić information content (AvgIpc) is 3.94. The predicted molar refractivity (Wildman–Crippen MR) is 253 cm³/mol. The first-order valence-electron chi connectivity index (χ1n) is 21.7. The molecule has 4 rings (SSSR count). The topological polar surface area (TPSA) is 318 Å². The number of aliphatic hydroxyl groups is 1. The summed E-state index contributed by atoms with van der Waals surface area (Å²) in [7, 11) is 2.04. The summed E-state index contributed by atoms with van der Waals surface area (Å²) < 4.78 is 0. The van der Waals surface area contributed by atoms with Crippen LogP contribution in [0.4, 0.5) is 0 Å². The summed E-state index contributed by atoms with van der Waals surface area (Å²) in [5.74, 6) is -9.09. The lowest BCUT2D eigenvalue weighted by Crippen LogP contribution is -2.60. The largest absolute Gasteiger partial charge is 0.506 e. The molecule has 1 fully saturated rings. The number of H-pyrrole nitrogens is 1. The number of aliphatic hydroxyl groups excluding tert-OH is 1. The lowest BCUT2D eigenvalue weighted by Gasteiger charge is -2.28. The number of benzene rings is 1. The van der Waals surface area contributed by atoms with Gasteiger partial charge in [-0.2, -0.15) is 0 Å². The zero-order chi connectivity index (χ0) is 50.4. The summed E-state index contributed by atoms with van der Waals surface area (Å²) in [6.45, 7) is 9.69. The molecule has 0 radical (unpaired) electrons. The van der Waals surface area contributed by atoms with Crippen molar-refractivity contribution in [2.75, 3.05) is 12.3 Å². The molecule has 2 aromatic rings. The normalized spacial score (nSPS) is 23.2. The van der Waals surface area contributed by atoms with E-state index in [9.17, 15) is 58.5 Å². The Kier molecular flexibility index (Phi) is 20.5. The number of aromatic nitrogens is 2. The number of hydrogen-bond donors (Lipinski definition) is 10. The third kappa shape index (κ3) is 15.8. The first-order chi connectivity index (χ1) is 32.1. The van der Waals surface area contributed by atoms with Gasteiger partial charge in [-0.05, 0) is 61.3 Å². The molecule has 24 heteroatoms. The molecule has 2 aliphatic heterocycles. The molecule has 0 spiro atoms. The molecular weight excluding hydrogens is 946 g/mol. The molecule has 10 N–H and O–H groups in total. The van der Waals surface area contributed by atoms with E-state index in [0.717, 1.165) is 32.6 Å². The molecule has 0 saturated carbocycles. The van der Waals surface area contributed by atoms with E-state index < -0.39 is 102 Å². The highest BCUT2D eigenvalue weighted by Crippen LogP contribution is 2.28. The number of amides is 7. The number of fused-ring (bicyclic) bond motifs is 1. The Labute approximate surface area is 405 Å². The lowest BCUT2D eigenvalue weighted by atomic mass is 9.95. The van der Waals surface area contributed by atoms with E-state index in [1.165, 1.54) is 50.0 Å². The zero-order valence-corrected chi connectivity index (χ0v) is 40.7. The number of ketones is 1. The number of halogens is 1. The molecule has 0 bridgehead atoms. The maximum absolute atomic E-state index is 14.3. The summed E-state index contributed by atoms with van der Waals surface area (Å²) in [5, 5.41) is 47.2. The molecule has 2 aliphatic rings. The Morgan fingerprint density at radius 3 is 2.34 bits per heavy atom. The second kappa shape index (κ2) is 25.5. The summed E-state index contributed by atoms with van der Waals surface area (Å²) >= 11 is 6.11. The standard InChI is InChI=1S/C44H58ClN9O12S2/c1-7-22(4)37(24(6)55)53-41(63)31(13-26-16-46-20-47-26)49-42(64)33-19-68-67-18-23(5)44(66)54-17-27(56)14-34(54)43(65)51-30(12-25-8-9-35(57)28(45)11-25)39(61)50-32(15-36(58)59)40(62)48-29(10-21(2)3)38(60)52-33/h8-9,11-12,16,18,20-22,27,29,31-34,37,56-57H,7,10,13-15,17,19H2,1-6H3,(H,46,47)(H,48,62)(H,49,64)(H,50,61)(H,51,65)(H,52,60)(H,53,63)(H,58,59)/t22?,27?,29-,31-,32-,33-,34-,37-/m0/s1. The number of phenolic OH excluding ortho intramolecular Hbond substituents is 1. The Morgan fingerprint density at radius 2 is 1.72 bits per heavy atom. The van der Waals surface area contributed by atoms with Crippen LogP contribution in [0, 0.1) is 11.8 Å². The fraction of sp³-hybridized carbons (Fsp3) is 0.500. The van der Waals surface area contributed by atoms with Crippen LogP contribution in [-0.4, -0.2) is 138 Å². The maximum atomic E-state index is 14.3. The van der Waals surface area contributed by atoms with E-state index >= 15 is 0 Å². The summed E-state index contributed by atoms with van der Waals surface area (Å²) in [6.07, 6.45) is 2.03. The molecule has 68 heavy (non-hydrogen) atoms. The lowest BCUT2D eigenvalue weighted by molar-refractivity contribution is -0.141. The highest BCUT2D eigenvalue weighted by Gasteiger charge is 2.41. The Balaban J connectivity index is 1.77. The minimum absolute atomic E-state index is 0.0367. The maximum Gasteiger partial charge on any atom is 0.305 e. The molecule has 2 unspecified atom stereocenters. The number of nitrogens with zero attached hydrogens (tertiary/aromatic N) is 2. The molecule has 0 aliphatic carbocycles. The van der Waals surface area contributed by atoms with Crippen molar-refractivity contribution in [1.82, 2.24) is 46.8 Å².